The highest BCUT2D eigenvalue weighted by atomic mass is 16.3. The third-order valence-electron chi connectivity index (χ3n) is 4.48. The van der Waals surface area contributed by atoms with E-state index in [1.807, 2.05) is 0 Å². The highest BCUT2D eigenvalue weighted by Gasteiger charge is 2.36. The summed E-state index contributed by atoms with van der Waals surface area (Å²) in [7, 11) is 0. The van der Waals surface area contributed by atoms with E-state index in [9.17, 15) is 5.11 Å². The molecule has 0 aromatic heterocycles. The normalized spacial score (nSPS) is 27.8. The van der Waals surface area contributed by atoms with Crippen LogP contribution in [0, 0.1) is 11.8 Å². The fraction of sp³-hybridized carbons (Fsp3) is 1.00. The number of aliphatic hydroxyl groups is 1. The van der Waals surface area contributed by atoms with Crippen molar-refractivity contribution in [2.75, 3.05) is 19.6 Å². The van der Waals surface area contributed by atoms with Crippen LogP contribution < -0.4 is 0 Å². The van der Waals surface area contributed by atoms with E-state index in [0.29, 0.717) is 0 Å². The van der Waals surface area contributed by atoms with Gasteiger partial charge in [-0.15, -0.1) is 0 Å². The molecule has 2 fully saturated rings. The SMILES string of the molecule is CC(C)C1CN(CC2(O)CCCCCC2)C1. The van der Waals surface area contributed by atoms with Crippen molar-refractivity contribution in [2.45, 2.75) is 58.0 Å². The monoisotopic (exact) mass is 225 g/mol. The molecule has 16 heavy (non-hydrogen) atoms. The van der Waals surface area contributed by atoms with Crippen molar-refractivity contribution in [2.24, 2.45) is 11.8 Å². The van der Waals surface area contributed by atoms with Gasteiger partial charge in [0, 0.05) is 19.6 Å². The Kier molecular flexibility index (Phi) is 3.91. The predicted octanol–water partition coefficient (Wildman–Crippen LogP) is 2.66. The van der Waals surface area contributed by atoms with Crippen LogP contribution in [0.2, 0.25) is 0 Å². The van der Waals surface area contributed by atoms with E-state index >= 15 is 0 Å². The Bertz CT molecular complexity index is 213. The number of likely N-dealkylation sites (tertiary alicyclic amines) is 1. The summed E-state index contributed by atoms with van der Waals surface area (Å²) in [5, 5.41) is 10.6. The van der Waals surface area contributed by atoms with Gasteiger partial charge >= 0.3 is 0 Å². The average molecular weight is 225 g/mol. The van der Waals surface area contributed by atoms with Crippen LogP contribution in [0.3, 0.4) is 0 Å². The van der Waals surface area contributed by atoms with Crippen molar-refractivity contribution >= 4 is 0 Å². The van der Waals surface area contributed by atoms with Crippen LogP contribution in [-0.2, 0) is 0 Å². The second kappa shape index (κ2) is 5.05. The molecule has 0 aromatic rings. The van der Waals surface area contributed by atoms with Gasteiger partial charge < -0.3 is 5.11 Å². The van der Waals surface area contributed by atoms with Crippen molar-refractivity contribution in [3.63, 3.8) is 0 Å². The smallest absolute Gasteiger partial charge is 0.0774 e. The van der Waals surface area contributed by atoms with Gasteiger partial charge in [0.25, 0.3) is 0 Å². The number of hydrogen-bond donors (Lipinski definition) is 1. The molecule has 1 saturated heterocycles. The Hall–Kier alpha value is -0.0800. The molecule has 94 valence electrons. The standard InChI is InChI=1S/C14H27NO/c1-12(2)13-9-15(10-13)11-14(16)7-5-3-4-6-8-14/h12-13,16H,3-11H2,1-2H3. The van der Waals surface area contributed by atoms with E-state index in [2.05, 4.69) is 18.7 Å². The second-order valence-electron chi connectivity index (χ2n) is 6.34. The van der Waals surface area contributed by atoms with Crippen molar-refractivity contribution < 1.29 is 5.11 Å². The molecule has 0 atom stereocenters. The Morgan fingerprint density at radius 2 is 1.69 bits per heavy atom. The quantitative estimate of drug-likeness (QED) is 0.746. The molecule has 2 aliphatic rings. The summed E-state index contributed by atoms with van der Waals surface area (Å²) in [6.07, 6.45) is 7.12. The minimum absolute atomic E-state index is 0.363. The van der Waals surface area contributed by atoms with Gasteiger partial charge in [0.2, 0.25) is 0 Å². The van der Waals surface area contributed by atoms with Gasteiger partial charge in [-0.1, -0.05) is 39.5 Å². The topological polar surface area (TPSA) is 23.5 Å². The lowest BCUT2D eigenvalue weighted by molar-refractivity contribution is -0.0477. The maximum Gasteiger partial charge on any atom is 0.0774 e. The summed E-state index contributed by atoms with van der Waals surface area (Å²) in [6, 6.07) is 0. The maximum atomic E-state index is 10.6. The molecule has 0 spiro atoms. The molecular formula is C14H27NO. The number of hydrogen-bond acceptors (Lipinski definition) is 2. The van der Waals surface area contributed by atoms with Crippen LogP contribution in [0.15, 0.2) is 0 Å². The highest BCUT2D eigenvalue weighted by molar-refractivity contribution is 4.90. The third kappa shape index (κ3) is 2.98. The second-order valence-corrected chi connectivity index (χ2v) is 6.34. The molecule has 0 amide bonds. The van der Waals surface area contributed by atoms with Gasteiger partial charge in [-0.2, -0.15) is 0 Å². The van der Waals surface area contributed by atoms with Gasteiger partial charge in [-0.3, -0.25) is 4.90 Å². The molecular weight excluding hydrogens is 198 g/mol. The number of rotatable bonds is 3. The Balaban J connectivity index is 1.76. The van der Waals surface area contributed by atoms with Gasteiger partial charge in [0.05, 0.1) is 5.60 Å². The van der Waals surface area contributed by atoms with Crippen LogP contribution in [-0.4, -0.2) is 35.2 Å². The molecule has 2 rings (SSSR count). The van der Waals surface area contributed by atoms with Gasteiger partial charge in [-0.25, -0.2) is 0 Å². The zero-order valence-corrected chi connectivity index (χ0v) is 10.9. The first-order chi connectivity index (χ1) is 7.59. The summed E-state index contributed by atoms with van der Waals surface area (Å²) < 4.78 is 0. The molecule has 0 unspecified atom stereocenters. The van der Waals surface area contributed by atoms with E-state index in [0.717, 1.165) is 31.2 Å². The molecule has 0 bridgehead atoms. The first-order valence-electron chi connectivity index (χ1n) is 7.04. The zero-order chi connectivity index (χ0) is 11.6. The highest BCUT2D eigenvalue weighted by Crippen LogP contribution is 2.31. The molecule has 2 heteroatoms. The summed E-state index contributed by atoms with van der Waals surface area (Å²) in [4.78, 5) is 2.45. The Morgan fingerprint density at radius 3 is 2.19 bits per heavy atom. The number of β-amino-alcohol motifs (C(OH)–C–C–N with tert-alkyl or cyclic N) is 1. The lowest BCUT2D eigenvalue weighted by atomic mass is 9.85. The van der Waals surface area contributed by atoms with Crippen LogP contribution in [0.5, 0.6) is 0 Å². The first-order valence-corrected chi connectivity index (χ1v) is 7.04. The molecule has 1 saturated carbocycles. The van der Waals surface area contributed by atoms with Crippen LogP contribution >= 0.6 is 0 Å². The molecule has 1 aliphatic heterocycles. The van der Waals surface area contributed by atoms with E-state index in [4.69, 9.17) is 0 Å². The summed E-state index contributed by atoms with van der Waals surface area (Å²) in [6.45, 7) is 7.96. The number of nitrogens with zero attached hydrogens (tertiary/aromatic N) is 1. The fourth-order valence-corrected chi connectivity index (χ4v) is 3.12. The molecule has 2 nitrogen and oxygen atoms in total. The molecule has 1 aliphatic carbocycles. The molecule has 1 N–H and O–H groups in total. The van der Waals surface area contributed by atoms with Crippen molar-refractivity contribution in [1.29, 1.82) is 0 Å². The molecule has 0 aromatic carbocycles. The molecule has 1 heterocycles. The lowest BCUT2D eigenvalue weighted by Crippen LogP contribution is -2.54. The van der Waals surface area contributed by atoms with Gasteiger partial charge in [0.15, 0.2) is 0 Å². The minimum atomic E-state index is -0.363. The van der Waals surface area contributed by atoms with Crippen molar-refractivity contribution in [1.82, 2.24) is 4.90 Å². The van der Waals surface area contributed by atoms with Gasteiger partial charge in [-0.05, 0) is 24.7 Å². The molecule has 0 radical (unpaired) electrons. The fourth-order valence-electron chi connectivity index (χ4n) is 3.12. The van der Waals surface area contributed by atoms with Crippen LogP contribution in [0.4, 0.5) is 0 Å². The van der Waals surface area contributed by atoms with E-state index < -0.39 is 0 Å². The summed E-state index contributed by atoms with van der Waals surface area (Å²) in [5.41, 5.74) is -0.363. The zero-order valence-electron chi connectivity index (χ0n) is 10.9. The van der Waals surface area contributed by atoms with E-state index in [1.54, 1.807) is 0 Å². The summed E-state index contributed by atoms with van der Waals surface area (Å²) >= 11 is 0. The lowest BCUT2D eigenvalue weighted by Gasteiger charge is -2.45. The first kappa shape index (κ1) is 12.4. The summed E-state index contributed by atoms with van der Waals surface area (Å²) in [5.74, 6) is 1.68. The Labute approximate surface area is 100 Å². The van der Waals surface area contributed by atoms with Crippen LogP contribution in [0.1, 0.15) is 52.4 Å². The van der Waals surface area contributed by atoms with E-state index in [1.165, 1.54) is 38.8 Å². The largest absolute Gasteiger partial charge is 0.389 e. The van der Waals surface area contributed by atoms with Crippen molar-refractivity contribution in [3.8, 4) is 0 Å². The van der Waals surface area contributed by atoms with Crippen LogP contribution in [0.25, 0.3) is 0 Å². The van der Waals surface area contributed by atoms with Crippen molar-refractivity contribution in [3.05, 3.63) is 0 Å². The Morgan fingerprint density at radius 1 is 1.12 bits per heavy atom. The predicted molar refractivity (Wildman–Crippen MR) is 67.4 cm³/mol. The third-order valence-corrected chi connectivity index (χ3v) is 4.48. The van der Waals surface area contributed by atoms with Gasteiger partial charge in [0.1, 0.15) is 0 Å². The van der Waals surface area contributed by atoms with E-state index in [-0.39, 0.29) is 5.60 Å². The minimum Gasteiger partial charge on any atom is -0.389 e. The average Bonchev–Trinajstić information content (AvgIpc) is 2.36. The maximum absolute atomic E-state index is 10.6.